The van der Waals surface area contributed by atoms with Gasteiger partial charge in [-0.2, -0.15) is 0 Å². The normalized spacial score (nSPS) is 10.6. The molecule has 2 rings (SSSR count). The van der Waals surface area contributed by atoms with E-state index < -0.39 is 5.82 Å². The van der Waals surface area contributed by atoms with Crippen molar-refractivity contribution in [2.24, 2.45) is 0 Å². The van der Waals surface area contributed by atoms with Gasteiger partial charge in [0.2, 0.25) is 5.89 Å². The van der Waals surface area contributed by atoms with E-state index in [4.69, 9.17) is 22.4 Å². The van der Waals surface area contributed by atoms with Gasteiger partial charge in [0.25, 0.3) is 4.84 Å². The standard InChI is InChI=1S/C10H10FN3OS/c11-7-3-1-6(5-8(7)12)2-4-9-13-14-10(16)15-9/h1,3,5H,2,4,12H2,(H,14,16). The van der Waals surface area contributed by atoms with E-state index in [0.717, 1.165) is 5.56 Å². The number of nitrogen functional groups attached to an aromatic ring is 1. The number of nitrogens with two attached hydrogens (primary N) is 1. The number of aromatic nitrogens is 2. The van der Waals surface area contributed by atoms with Crippen molar-refractivity contribution in [3.63, 3.8) is 0 Å². The number of anilines is 1. The molecule has 0 amide bonds. The average molecular weight is 239 g/mol. The van der Waals surface area contributed by atoms with Crippen LogP contribution in [0.3, 0.4) is 0 Å². The Labute approximate surface area is 96.3 Å². The van der Waals surface area contributed by atoms with Gasteiger partial charge in [-0.15, -0.1) is 5.10 Å². The van der Waals surface area contributed by atoms with Crippen molar-refractivity contribution in [3.05, 3.63) is 40.3 Å². The van der Waals surface area contributed by atoms with Gasteiger partial charge >= 0.3 is 0 Å². The minimum absolute atomic E-state index is 0.153. The van der Waals surface area contributed by atoms with Crippen LogP contribution >= 0.6 is 12.2 Å². The summed E-state index contributed by atoms with van der Waals surface area (Å²) < 4.78 is 18.0. The number of aromatic amines is 1. The van der Waals surface area contributed by atoms with Crippen LogP contribution in [-0.4, -0.2) is 10.2 Å². The monoisotopic (exact) mass is 239 g/mol. The molecule has 0 fully saturated rings. The first kappa shape index (κ1) is 10.8. The second-order valence-electron chi connectivity index (χ2n) is 3.36. The zero-order valence-electron chi connectivity index (χ0n) is 8.37. The van der Waals surface area contributed by atoms with Crippen LogP contribution in [0.4, 0.5) is 10.1 Å². The van der Waals surface area contributed by atoms with E-state index in [9.17, 15) is 4.39 Å². The largest absolute Gasteiger partial charge is 0.414 e. The van der Waals surface area contributed by atoms with Gasteiger partial charge in [-0.3, -0.25) is 0 Å². The topological polar surface area (TPSA) is 67.8 Å². The predicted molar refractivity (Wildman–Crippen MR) is 59.9 cm³/mol. The average Bonchev–Trinajstić information content (AvgIpc) is 2.66. The fraction of sp³-hybridized carbons (Fsp3) is 0.200. The first-order valence-corrected chi connectivity index (χ1v) is 5.14. The number of hydrogen-bond acceptors (Lipinski definition) is 4. The molecule has 0 spiro atoms. The number of nitrogens with zero attached hydrogens (tertiary/aromatic N) is 1. The lowest BCUT2D eigenvalue weighted by molar-refractivity contribution is 0.480. The van der Waals surface area contributed by atoms with Gasteiger partial charge in [0.15, 0.2) is 0 Å². The molecule has 0 aliphatic heterocycles. The summed E-state index contributed by atoms with van der Waals surface area (Å²) in [4.78, 5) is 0.258. The smallest absolute Gasteiger partial charge is 0.284 e. The minimum atomic E-state index is -0.402. The number of benzene rings is 1. The van der Waals surface area contributed by atoms with Gasteiger partial charge in [0.1, 0.15) is 5.82 Å². The SMILES string of the molecule is Nc1cc(CCc2n[nH]c(=S)o2)ccc1F. The lowest BCUT2D eigenvalue weighted by atomic mass is 10.1. The molecule has 4 nitrogen and oxygen atoms in total. The molecule has 6 heteroatoms. The molecule has 1 aromatic carbocycles. The van der Waals surface area contributed by atoms with Crippen molar-refractivity contribution in [3.8, 4) is 0 Å². The van der Waals surface area contributed by atoms with Crippen LogP contribution in [0.5, 0.6) is 0 Å². The molecule has 2 aromatic rings. The number of halogens is 1. The van der Waals surface area contributed by atoms with E-state index in [-0.39, 0.29) is 10.5 Å². The van der Waals surface area contributed by atoms with Gasteiger partial charge in [-0.1, -0.05) is 6.07 Å². The Kier molecular flexibility index (Phi) is 3.00. The fourth-order valence-electron chi connectivity index (χ4n) is 1.37. The Morgan fingerprint density at radius 3 is 2.88 bits per heavy atom. The van der Waals surface area contributed by atoms with Crippen LogP contribution < -0.4 is 5.73 Å². The van der Waals surface area contributed by atoms with Crippen LogP contribution in [-0.2, 0) is 12.8 Å². The third kappa shape index (κ3) is 2.46. The van der Waals surface area contributed by atoms with Crippen molar-refractivity contribution in [2.45, 2.75) is 12.8 Å². The van der Waals surface area contributed by atoms with Gasteiger partial charge < -0.3 is 10.2 Å². The van der Waals surface area contributed by atoms with Crippen LogP contribution in [0.15, 0.2) is 22.6 Å². The molecule has 84 valence electrons. The van der Waals surface area contributed by atoms with E-state index in [1.54, 1.807) is 12.1 Å². The highest BCUT2D eigenvalue weighted by atomic mass is 32.1. The number of hydrogen-bond donors (Lipinski definition) is 2. The Balaban J connectivity index is 2.04. The molecule has 0 saturated heterocycles. The van der Waals surface area contributed by atoms with Crippen molar-refractivity contribution in [1.29, 1.82) is 0 Å². The quantitative estimate of drug-likeness (QED) is 0.636. The molecule has 1 heterocycles. The lowest BCUT2D eigenvalue weighted by Crippen LogP contribution is -1.96. The van der Waals surface area contributed by atoms with E-state index >= 15 is 0 Å². The summed E-state index contributed by atoms with van der Waals surface area (Å²) in [6, 6.07) is 4.65. The highest BCUT2D eigenvalue weighted by Crippen LogP contribution is 2.13. The zero-order valence-corrected chi connectivity index (χ0v) is 9.18. The molecule has 0 aliphatic rings. The van der Waals surface area contributed by atoms with Gasteiger partial charge in [0, 0.05) is 6.42 Å². The maximum Gasteiger partial charge on any atom is 0.284 e. The molecule has 0 unspecified atom stereocenters. The molecule has 0 radical (unpaired) electrons. The number of H-pyrrole nitrogens is 1. The summed E-state index contributed by atoms with van der Waals surface area (Å²) in [6.07, 6.45) is 1.27. The molecule has 0 aliphatic carbocycles. The van der Waals surface area contributed by atoms with Crippen molar-refractivity contribution < 1.29 is 8.81 Å². The van der Waals surface area contributed by atoms with Crippen LogP contribution in [0.1, 0.15) is 11.5 Å². The first-order chi connectivity index (χ1) is 7.65. The summed E-state index contributed by atoms with van der Waals surface area (Å²) in [5.74, 6) is 0.133. The number of nitrogens with one attached hydrogen (secondary N) is 1. The highest BCUT2D eigenvalue weighted by molar-refractivity contribution is 7.71. The van der Waals surface area contributed by atoms with Crippen molar-refractivity contribution in [1.82, 2.24) is 10.2 Å². The first-order valence-electron chi connectivity index (χ1n) is 4.73. The molecule has 3 N–H and O–H groups in total. The fourth-order valence-corrected chi connectivity index (χ4v) is 1.51. The maximum absolute atomic E-state index is 12.9. The maximum atomic E-state index is 12.9. The summed E-state index contributed by atoms with van der Waals surface area (Å²) in [6.45, 7) is 0. The Morgan fingerprint density at radius 2 is 2.25 bits per heavy atom. The Bertz CT molecular complexity index is 549. The molecule has 1 aromatic heterocycles. The predicted octanol–water partition coefficient (Wildman–Crippen LogP) is 2.24. The third-order valence-electron chi connectivity index (χ3n) is 2.17. The molecule has 0 atom stereocenters. The molecule has 16 heavy (non-hydrogen) atoms. The number of rotatable bonds is 3. The lowest BCUT2D eigenvalue weighted by Gasteiger charge is -2.01. The number of aryl methyl sites for hydroxylation is 2. The highest BCUT2D eigenvalue weighted by Gasteiger charge is 2.03. The van der Waals surface area contributed by atoms with E-state index in [2.05, 4.69) is 10.2 Å². The molecular weight excluding hydrogens is 229 g/mol. The second kappa shape index (κ2) is 4.44. The minimum Gasteiger partial charge on any atom is -0.414 e. The zero-order chi connectivity index (χ0) is 11.5. The third-order valence-corrected chi connectivity index (χ3v) is 2.34. The van der Waals surface area contributed by atoms with E-state index in [1.807, 2.05) is 0 Å². The summed E-state index contributed by atoms with van der Waals surface area (Å²) in [7, 11) is 0. The van der Waals surface area contributed by atoms with Crippen LogP contribution in [0, 0.1) is 10.7 Å². The molecule has 0 bridgehead atoms. The van der Waals surface area contributed by atoms with Gasteiger partial charge in [-0.05, 0) is 36.3 Å². The summed E-state index contributed by atoms with van der Waals surface area (Å²) in [5, 5.41) is 6.41. The molecule has 0 saturated carbocycles. The van der Waals surface area contributed by atoms with Gasteiger partial charge in [0.05, 0.1) is 5.69 Å². The molecular formula is C10H10FN3OS. The van der Waals surface area contributed by atoms with Crippen LogP contribution in [0.2, 0.25) is 0 Å². The van der Waals surface area contributed by atoms with E-state index in [0.29, 0.717) is 18.7 Å². The van der Waals surface area contributed by atoms with Gasteiger partial charge in [-0.25, -0.2) is 9.49 Å². The van der Waals surface area contributed by atoms with Crippen LogP contribution in [0.25, 0.3) is 0 Å². The van der Waals surface area contributed by atoms with Crippen molar-refractivity contribution >= 4 is 17.9 Å². The summed E-state index contributed by atoms with van der Waals surface area (Å²) in [5.41, 5.74) is 6.54. The van der Waals surface area contributed by atoms with E-state index in [1.165, 1.54) is 6.07 Å². The summed E-state index contributed by atoms with van der Waals surface area (Å²) >= 11 is 4.75. The Morgan fingerprint density at radius 1 is 1.44 bits per heavy atom. The van der Waals surface area contributed by atoms with Crippen molar-refractivity contribution in [2.75, 3.05) is 5.73 Å². The Hall–Kier alpha value is -1.69. The second-order valence-corrected chi connectivity index (χ2v) is 3.73.